The summed E-state index contributed by atoms with van der Waals surface area (Å²) in [6.07, 6.45) is 16.0. The number of nitrogen functional groups attached to an aromatic ring is 1. The number of fused-ring (bicyclic) bond motifs is 1. The van der Waals surface area contributed by atoms with Crippen molar-refractivity contribution in [2.75, 3.05) is 24.7 Å². The average Bonchev–Trinajstić information content (AvgIpc) is 3.07. The van der Waals surface area contributed by atoms with Gasteiger partial charge in [0.05, 0.1) is 6.33 Å². The first-order chi connectivity index (χ1) is 13.1. The van der Waals surface area contributed by atoms with Gasteiger partial charge in [-0.05, 0) is 12.8 Å². The molecule has 0 bridgehead atoms. The number of hydrogen-bond donors (Lipinski definition) is 1. The van der Waals surface area contributed by atoms with Crippen molar-refractivity contribution in [2.45, 2.75) is 90.5 Å². The Kier molecular flexibility index (Phi) is 8.82. The Morgan fingerprint density at radius 1 is 0.926 bits per heavy atom. The minimum absolute atomic E-state index is 0.442. The van der Waals surface area contributed by atoms with Crippen LogP contribution in [-0.4, -0.2) is 33.6 Å². The summed E-state index contributed by atoms with van der Waals surface area (Å²) in [6, 6.07) is 0.442. The molecule has 1 atom stereocenters. The molecular weight excluding hydrogens is 336 g/mol. The van der Waals surface area contributed by atoms with Gasteiger partial charge in [0.15, 0.2) is 11.5 Å². The Balaban J connectivity index is 2.19. The summed E-state index contributed by atoms with van der Waals surface area (Å²) in [4.78, 5) is 15.6. The minimum Gasteiger partial charge on any atom is -0.382 e. The molecule has 2 rings (SSSR count). The Labute approximate surface area is 164 Å². The number of anilines is 2. The van der Waals surface area contributed by atoms with Crippen molar-refractivity contribution >= 4 is 22.9 Å². The molecule has 0 aromatic carbocycles. The minimum atomic E-state index is 0.442. The predicted octanol–water partition coefficient (Wildman–Crippen LogP) is 5.35. The predicted molar refractivity (Wildman–Crippen MR) is 115 cm³/mol. The summed E-state index contributed by atoms with van der Waals surface area (Å²) in [7, 11) is 3.88. The van der Waals surface area contributed by atoms with Gasteiger partial charge < -0.3 is 15.2 Å². The van der Waals surface area contributed by atoms with Crippen molar-refractivity contribution in [1.82, 2.24) is 19.5 Å². The summed E-state index contributed by atoms with van der Waals surface area (Å²) in [6.45, 7) is 4.53. The van der Waals surface area contributed by atoms with Crippen LogP contribution in [0, 0.1) is 0 Å². The van der Waals surface area contributed by atoms with Crippen LogP contribution < -0.4 is 10.6 Å². The van der Waals surface area contributed by atoms with Crippen molar-refractivity contribution < 1.29 is 0 Å². The third kappa shape index (κ3) is 6.08. The fraction of sp³-hybridized carbons (Fsp3) is 0.762. The lowest BCUT2D eigenvalue weighted by molar-refractivity contribution is 0.401. The maximum Gasteiger partial charge on any atom is 0.228 e. The van der Waals surface area contributed by atoms with Crippen LogP contribution in [0.4, 0.5) is 11.8 Å². The van der Waals surface area contributed by atoms with E-state index in [1.807, 2.05) is 25.3 Å². The molecule has 0 fully saturated rings. The van der Waals surface area contributed by atoms with Crippen LogP contribution in [0.25, 0.3) is 11.2 Å². The fourth-order valence-corrected chi connectivity index (χ4v) is 3.61. The highest BCUT2D eigenvalue weighted by atomic mass is 15.3. The monoisotopic (exact) mass is 374 g/mol. The first-order valence-corrected chi connectivity index (χ1v) is 10.8. The lowest BCUT2D eigenvalue weighted by atomic mass is 10.0. The maximum atomic E-state index is 6.15. The van der Waals surface area contributed by atoms with Crippen LogP contribution in [0.15, 0.2) is 6.33 Å². The zero-order chi connectivity index (χ0) is 19.6. The second-order valence-corrected chi connectivity index (χ2v) is 7.83. The molecule has 2 aromatic heterocycles. The molecule has 6 nitrogen and oxygen atoms in total. The summed E-state index contributed by atoms with van der Waals surface area (Å²) in [5.74, 6) is 1.12. The molecule has 6 heteroatoms. The van der Waals surface area contributed by atoms with Crippen LogP contribution in [-0.2, 0) is 0 Å². The molecule has 2 aromatic rings. The number of rotatable bonds is 13. The molecule has 0 radical (unpaired) electrons. The highest BCUT2D eigenvalue weighted by molar-refractivity contribution is 5.83. The normalized spacial score (nSPS) is 12.6. The maximum absolute atomic E-state index is 6.15. The van der Waals surface area contributed by atoms with E-state index >= 15 is 0 Å². The van der Waals surface area contributed by atoms with E-state index in [9.17, 15) is 0 Å². The molecule has 2 N–H and O–H groups in total. The van der Waals surface area contributed by atoms with Crippen LogP contribution in [0.3, 0.4) is 0 Å². The highest BCUT2D eigenvalue weighted by Gasteiger charge is 2.18. The van der Waals surface area contributed by atoms with E-state index in [-0.39, 0.29) is 0 Å². The molecule has 2 heterocycles. The highest BCUT2D eigenvalue weighted by Crippen LogP contribution is 2.28. The number of imidazole rings is 1. The first-order valence-electron chi connectivity index (χ1n) is 10.8. The quantitative estimate of drug-likeness (QED) is 0.479. The molecule has 0 aliphatic rings. The SMILES string of the molecule is CCCCCCCC(CCCCCC)n1cnc2c(N)nc(N(C)C)nc21. The fourth-order valence-electron chi connectivity index (χ4n) is 3.61. The first kappa shape index (κ1) is 21.5. The number of unbranched alkanes of at least 4 members (excludes halogenated alkanes) is 7. The van der Waals surface area contributed by atoms with Gasteiger partial charge in [-0.25, -0.2) is 4.98 Å². The third-order valence-electron chi connectivity index (χ3n) is 5.26. The van der Waals surface area contributed by atoms with E-state index in [1.165, 1.54) is 70.6 Å². The second kappa shape index (κ2) is 11.1. The number of nitrogens with two attached hydrogens (primary N) is 1. The van der Waals surface area contributed by atoms with Crippen molar-refractivity contribution in [3.63, 3.8) is 0 Å². The molecule has 1 unspecified atom stereocenters. The van der Waals surface area contributed by atoms with Crippen molar-refractivity contribution in [2.24, 2.45) is 0 Å². The van der Waals surface area contributed by atoms with E-state index in [2.05, 4.69) is 28.4 Å². The number of nitrogens with zero attached hydrogens (tertiary/aromatic N) is 5. The zero-order valence-corrected chi connectivity index (χ0v) is 17.7. The second-order valence-electron chi connectivity index (χ2n) is 7.83. The van der Waals surface area contributed by atoms with Crippen LogP contribution >= 0.6 is 0 Å². The van der Waals surface area contributed by atoms with Gasteiger partial charge in [0.2, 0.25) is 5.95 Å². The smallest absolute Gasteiger partial charge is 0.228 e. The molecule has 152 valence electrons. The molecule has 0 spiro atoms. The summed E-state index contributed by atoms with van der Waals surface area (Å²) in [5.41, 5.74) is 7.75. The van der Waals surface area contributed by atoms with Crippen molar-refractivity contribution in [1.29, 1.82) is 0 Å². The van der Waals surface area contributed by atoms with Gasteiger partial charge in [-0.15, -0.1) is 0 Å². The molecule has 0 saturated heterocycles. The molecule has 0 amide bonds. The van der Waals surface area contributed by atoms with Gasteiger partial charge in [0.25, 0.3) is 0 Å². The zero-order valence-electron chi connectivity index (χ0n) is 17.7. The van der Waals surface area contributed by atoms with E-state index in [4.69, 9.17) is 10.7 Å². The summed E-state index contributed by atoms with van der Waals surface area (Å²) < 4.78 is 2.26. The lowest BCUT2D eigenvalue weighted by Gasteiger charge is -2.20. The average molecular weight is 375 g/mol. The van der Waals surface area contributed by atoms with Gasteiger partial charge in [0, 0.05) is 20.1 Å². The molecule has 0 aliphatic carbocycles. The Morgan fingerprint density at radius 3 is 2.11 bits per heavy atom. The molecule has 0 saturated carbocycles. The van der Waals surface area contributed by atoms with Crippen molar-refractivity contribution in [3.05, 3.63) is 6.33 Å². The van der Waals surface area contributed by atoms with E-state index in [0.29, 0.717) is 17.8 Å². The van der Waals surface area contributed by atoms with Gasteiger partial charge >= 0.3 is 0 Å². The Morgan fingerprint density at radius 2 is 1.52 bits per heavy atom. The van der Waals surface area contributed by atoms with E-state index < -0.39 is 0 Å². The van der Waals surface area contributed by atoms with Crippen LogP contribution in [0.2, 0.25) is 0 Å². The van der Waals surface area contributed by atoms with Gasteiger partial charge in [0.1, 0.15) is 5.52 Å². The summed E-state index contributed by atoms with van der Waals surface area (Å²) >= 11 is 0. The molecule has 0 aliphatic heterocycles. The molecule has 27 heavy (non-hydrogen) atoms. The van der Waals surface area contributed by atoms with E-state index in [0.717, 1.165) is 11.2 Å². The standard InChI is InChI=1S/C21H38N6/c1-5-7-9-11-13-15-17(14-12-10-8-6-2)27-16-23-18-19(22)24-21(26(3)4)25-20(18)27/h16-17H,5-15H2,1-4H3,(H2,22,24,25). The number of hydrogen-bond acceptors (Lipinski definition) is 5. The Bertz CT molecular complexity index is 679. The number of aromatic nitrogens is 4. The summed E-state index contributed by atoms with van der Waals surface area (Å²) in [5, 5.41) is 0. The lowest BCUT2D eigenvalue weighted by Crippen LogP contribution is -2.15. The van der Waals surface area contributed by atoms with Gasteiger partial charge in [-0.3, -0.25) is 0 Å². The van der Waals surface area contributed by atoms with Gasteiger partial charge in [-0.1, -0.05) is 71.6 Å². The third-order valence-corrected chi connectivity index (χ3v) is 5.26. The van der Waals surface area contributed by atoms with E-state index in [1.54, 1.807) is 0 Å². The molecular formula is C21H38N6. The van der Waals surface area contributed by atoms with Crippen molar-refractivity contribution in [3.8, 4) is 0 Å². The largest absolute Gasteiger partial charge is 0.382 e. The van der Waals surface area contributed by atoms with Gasteiger partial charge in [-0.2, -0.15) is 9.97 Å². The van der Waals surface area contributed by atoms with Crippen LogP contribution in [0.1, 0.15) is 90.5 Å². The Hall–Kier alpha value is -1.85. The van der Waals surface area contributed by atoms with Crippen LogP contribution in [0.5, 0.6) is 0 Å². The topological polar surface area (TPSA) is 72.9 Å².